The van der Waals surface area contributed by atoms with E-state index in [1.807, 2.05) is 0 Å². The summed E-state index contributed by atoms with van der Waals surface area (Å²) in [7, 11) is 0. The van der Waals surface area contributed by atoms with E-state index in [-0.39, 0.29) is 11.6 Å². The van der Waals surface area contributed by atoms with Crippen molar-refractivity contribution in [3.05, 3.63) is 27.9 Å². The number of nitrogens with zero attached hydrogens (tertiary/aromatic N) is 3. The molecule has 0 amide bonds. The summed E-state index contributed by atoms with van der Waals surface area (Å²) in [6.45, 7) is 6.43. The van der Waals surface area contributed by atoms with Crippen molar-refractivity contribution in [2.45, 2.75) is 0 Å². The fourth-order valence-corrected chi connectivity index (χ4v) is 0.496. The van der Waals surface area contributed by atoms with Gasteiger partial charge in [0.05, 0.1) is 0 Å². The lowest BCUT2D eigenvalue weighted by Crippen LogP contribution is -1.86. The second kappa shape index (κ2) is 2.14. The Labute approximate surface area is 55.5 Å². The van der Waals surface area contributed by atoms with Gasteiger partial charge in [-0.15, -0.1) is 0 Å². The van der Waals surface area contributed by atoms with Gasteiger partial charge >= 0.3 is 11.6 Å². The molecule has 50 valence electrons. The molecule has 10 heavy (non-hydrogen) atoms. The summed E-state index contributed by atoms with van der Waals surface area (Å²) in [5, 5.41) is 10.0. The lowest BCUT2D eigenvalue weighted by Gasteiger charge is -1.87. The molecule has 6 nitrogen and oxygen atoms in total. The summed E-state index contributed by atoms with van der Waals surface area (Å²) in [6, 6.07) is 0. The molecule has 0 saturated carbocycles. The van der Waals surface area contributed by atoms with E-state index in [1.54, 1.807) is 0 Å². The van der Waals surface area contributed by atoms with Gasteiger partial charge in [0.2, 0.25) is 0 Å². The number of nitrogens with one attached hydrogen (secondary N) is 1. The van der Waals surface area contributed by atoms with Gasteiger partial charge in [0.1, 0.15) is 0 Å². The first-order valence-electron chi connectivity index (χ1n) is 2.31. The Morgan fingerprint density at radius 3 is 3.00 bits per heavy atom. The fraction of sp³-hybridized carbons (Fsp3) is 0. The van der Waals surface area contributed by atoms with Gasteiger partial charge in [0.25, 0.3) is 6.33 Å². The number of rotatable bonds is 1. The van der Waals surface area contributed by atoms with Gasteiger partial charge in [0.15, 0.2) is 0 Å². The maximum absolute atomic E-state index is 10.0. The van der Waals surface area contributed by atoms with Gasteiger partial charge in [-0.1, -0.05) is 11.6 Å². The van der Waals surface area contributed by atoms with Crippen LogP contribution in [0.3, 0.4) is 0 Å². The van der Waals surface area contributed by atoms with Crippen LogP contribution in [-0.4, -0.2) is 14.9 Å². The molecular formula is C4H2N4O2. The van der Waals surface area contributed by atoms with E-state index in [1.165, 1.54) is 0 Å². The molecule has 0 aliphatic heterocycles. The quantitative estimate of drug-likeness (QED) is 0.355. The molecular weight excluding hydrogens is 136 g/mol. The van der Waals surface area contributed by atoms with E-state index in [0.717, 1.165) is 6.33 Å². The van der Waals surface area contributed by atoms with Gasteiger partial charge in [0, 0.05) is 0 Å². The molecule has 0 aromatic carbocycles. The van der Waals surface area contributed by atoms with Gasteiger partial charge in [-0.25, -0.2) is 4.98 Å². The van der Waals surface area contributed by atoms with Gasteiger partial charge in [-0.2, -0.15) is 0 Å². The van der Waals surface area contributed by atoms with Crippen LogP contribution in [0.15, 0.2) is 6.33 Å². The van der Waals surface area contributed by atoms with Crippen LogP contribution in [0.2, 0.25) is 0 Å². The van der Waals surface area contributed by atoms with Crippen LogP contribution in [0.25, 0.3) is 4.85 Å². The average molecular weight is 138 g/mol. The van der Waals surface area contributed by atoms with Crippen molar-refractivity contribution >= 4 is 11.6 Å². The summed E-state index contributed by atoms with van der Waals surface area (Å²) in [5.41, 5.74) is 0. The molecule has 0 aliphatic carbocycles. The Morgan fingerprint density at radius 1 is 1.90 bits per heavy atom. The number of nitro groups is 1. The maximum Gasteiger partial charge on any atom is 0.366 e. The first-order valence-corrected chi connectivity index (χ1v) is 2.31. The SMILES string of the molecule is [C-]#[N+]c1nc[nH]c1[N+](=O)[O-]. The molecule has 1 aromatic rings. The van der Waals surface area contributed by atoms with Crippen molar-refractivity contribution in [1.82, 2.24) is 9.97 Å². The molecule has 0 fully saturated rings. The van der Waals surface area contributed by atoms with Gasteiger partial charge in [-0.3, -0.25) is 0 Å². The van der Waals surface area contributed by atoms with E-state index in [2.05, 4.69) is 14.8 Å². The third-order valence-electron chi connectivity index (χ3n) is 0.888. The molecule has 0 unspecified atom stereocenters. The second-order valence-electron chi connectivity index (χ2n) is 1.44. The largest absolute Gasteiger partial charge is 0.366 e. The molecule has 6 heteroatoms. The van der Waals surface area contributed by atoms with Crippen LogP contribution in [-0.2, 0) is 0 Å². The summed E-state index contributed by atoms with van der Waals surface area (Å²) in [6.07, 6.45) is 1.12. The average Bonchev–Trinajstić information content (AvgIpc) is 2.33. The van der Waals surface area contributed by atoms with Gasteiger partial charge in [-0.05, 0) is 4.92 Å². The number of aromatic amines is 1. The zero-order valence-electron chi connectivity index (χ0n) is 4.74. The van der Waals surface area contributed by atoms with Crippen molar-refractivity contribution in [1.29, 1.82) is 0 Å². The first-order chi connectivity index (χ1) is 4.75. The van der Waals surface area contributed by atoms with Crippen LogP contribution >= 0.6 is 0 Å². The highest BCUT2D eigenvalue weighted by Gasteiger charge is 2.14. The molecule has 1 aromatic heterocycles. The minimum absolute atomic E-state index is 0.204. The zero-order chi connectivity index (χ0) is 7.56. The lowest BCUT2D eigenvalue weighted by molar-refractivity contribution is -0.388. The third-order valence-corrected chi connectivity index (χ3v) is 0.888. The first kappa shape index (κ1) is 6.22. The van der Waals surface area contributed by atoms with Crippen molar-refractivity contribution in [3.8, 4) is 0 Å². The van der Waals surface area contributed by atoms with Crippen molar-refractivity contribution in [3.63, 3.8) is 0 Å². The van der Waals surface area contributed by atoms with E-state index in [0.29, 0.717) is 0 Å². The predicted octanol–water partition coefficient (Wildman–Crippen LogP) is 0.869. The molecule has 0 spiro atoms. The Kier molecular flexibility index (Phi) is 1.33. The maximum atomic E-state index is 10.0. The van der Waals surface area contributed by atoms with Crippen molar-refractivity contribution in [2.75, 3.05) is 0 Å². The Morgan fingerprint density at radius 2 is 2.60 bits per heavy atom. The number of imidazole rings is 1. The standard InChI is InChI=1S/C4H2N4O2/c1-5-3-4(8(9)10)7-2-6-3/h2H,(H,6,7). The summed E-state index contributed by atoms with van der Waals surface area (Å²) < 4.78 is 0. The Hall–Kier alpha value is -1.90. The number of hydrogen-bond donors (Lipinski definition) is 1. The Bertz CT molecular complexity index is 296. The fourth-order valence-electron chi connectivity index (χ4n) is 0.496. The molecule has 0 bridgehead atoms. The van der Waals surface area contributed by atoms with Crippen LogP contribution in [0.4, 0.5) is 11.6 Å². The summed E-state index contributed by atoms with van der Waals surface area (Å²) >= 11 is 0. The monoisotopic (exact) mass is 138 g/mol. The van der Waals surface area contributed by atoms with Crippen LogP contribution in [0, 0.1) is 16.7 Å². The second-order valence-corrected chi connectivity index (χ2v) is 1.44. The molecule has 0 radical (unpaired) electrons. The molecule has 1 heterocycles. The number of hydrogen-bond acceptors (Lipinski definition) is 3. The molecule has 0 atom stereocenters. The third kappa shape index (κ3) is 0.798. The topological polar surface area (TPSA) is 76.2 Å². The predicted molar refractivity (Wildman–Crippen MR) is 31.5 cm³/mol. The summed E-state index contributed by atoms with van der Waals surface area (Å²) in [5.74, 6) is -0.556. The number of H-pyrrole nitrogens is 1. The van der Waals surface area contributed by atoms with Crippen LogP contribution in [0.5, 0.6) is 0 Å². The van der Waals surface area contributed by atoms with Gasteiger partial charge < -0.3 is 15.0 Å². The Balaban J connectivity index is 3.17. The minimum atomic E-state index is -0.680. The smallest absolute Gasteiger partial charge is 0.359 e. The van der Waals surface area contributed by atoms with E-state index in [4.69, 9.17) is 6.57 Å². The van der Waals surface area contributed by atoms with E-state index in [9.17, 15) is 10.1 Å². The normalized spacial score (nSPS) is 8.70. The lowest BCUT2D eigenvalue weighted by atomic mass is 10.7. The van der Waals surface area contributed by atoms with Crippen LogP contribution in [0.1, 0.15) is 0 Å². The van der Waals surface area contributed by atoms with Crippen molar-refractivity contribution < 1.29 is 4.92 Å². The summed E-state index contributed by atoms with van der Waals surface area (Å²) in [4.78, 5) is 17.8. The zero-order valence-corrected chi connectivity index (χ0v) is 4.74. The molecule has 1 rings (SSSR count). The van der Waals surface area contributed by atoms with E-state index >= 15 is 0 Å². The highest BCUT2D eigenvalue weighted by Crippen LogP contribution is 2.20. The molecule has 1 N–H and O–H groups in total. The van der Waals surface area contributed by atoms with Crippen LogP contribution < -0.4 is 0 Å². The highest BCUT2D eigenvalue weighted by atomic mass is 16.6. The highest BCUT2D eigenvalue weighted by molar-refractivity contribution is 5.51. The number of aromatic nitrogens is 2. The molecule has 0 aliphatic rings. The van der Waals surface area contributed by atoms with E-state index < -0.39 is 4.92 Å². The molecule has 0 saturated heterocycles. The van der Waals surface area contributed by atoms with Crippen molar-refractivity contribution in [2.24, 2.45) is 0 Å². The minimum Gasteiger partial charge on any atom is -0.359 e.